The average Bonchev–Trinajstić information content (AvgIpc) is 2.34. The molecule has 0 unspecified atom stereocenters. The number of hydrogen-bond donors (Lipinski definition) is 1. The van der Waals surface area contributed by atoms with Gasteiger partial charge in [0.05, 0.1) is 0 Å². The van der Waals surface area contributed by atoms with Crippen molar-refractivity contribution in [2.24, 2.45) is 0 Å². The largest absolute Gasteiger partial charge is 0.477 e. The van der Waals surface area contributed by atoms with Crippen LogP contribution in [0, 0.1) is 13.8 Å². The maximum Gasteiger partial charge on any atom is 0.354 e. The van der Waals surface area contributed by atoms with Crippen molar-refractivity contribution in [2.45, 2.75) is 13.8 Å². The summed E-state index contributed by atoms with van der Waals surface area (Å²) in [5.74, 6) is -0.485. The van der Waals surface area contributed by atoms with E-state index in [0.717, 1.165) is 11.1 Å². The fraction of sp³-hybridized carbons (Fsp3) is 0.154. The molecular weight excluding hydrogens is 232 g/mol. The van der Waals surface area contributed by atoms with Gasteiger partial charge >= 0.3 is 12.0 Å². The number of carbonyl (C=O) groups is 1. The van der Waals surface area contributed by atoms with E-state index in [1.165, 1.54) is 12.3 Å². The highest BCUT2D eigenvalue weighted by Crippen LogP contribution is 2.23. The number of hydrogen-bond acceptors (Lipinski definition) is 4. The van der Waals surface area contributed by atoms with E-state index in [1.54, 1.807) is 0 Å². The number of carboxylic acid groups (broad SMARTS) is 1. The molecule has 0 aliphatic heterocycles. The Morgan fingerprint density at radius 2 is 2.06 bits per heavy atom. The van der Waals surface area contributed by atoms with Crippen LogP contribution < -0.4 is 4.74 Å². The molecule has 0 radical (unpaired) electrons. The predicted molar refractivity (Wildman–Crippen MR) is 65.0 cm³/mol. The number of aromatic nitrogens is 2. The number of rotatable bonds is 3. The number of ether oxygens (including phenoxy) is 1. The highest BCUT2D eigenvalue weighted by atomic mass is 16.5. The van der Waals surface area contributed by atoms with Crippen molar-refractivity contribution in [1.29, 1.82) is 0 Å². The number of nitrogens with zero attached hydrogens (tertiary/aromatic N) is 2. The van der Waals surface area contributed by atoms with Crippen molar-refractivity contribution >= 4 is 5.97 Å². The molecule has 1 aromatic heterocycles. The summed E-state index contributed by atoms with van der Waals surface area (Å²) in [6.07, 6.45) is 1.36. The van der Waals surface area contributed by atoms with Crippen molar-refractivity contribution in [1.82, 2.24) is 9.97 Å². The van der Waals surface area contributed by atoms with E-state index in [0.29, 0.717) is 5.75 Å². The maximum atomic E-state index is 10.8. The first kappa shape index (κ1) is 12.0. The molecule has 2 rings (SSSR count). The van der Waals surface area contributed by atoms with Crippen LogP contribution >= 0.6 is 0 Å². The normalized spacial score (nSPS) is 10.1. The molecule has 92 valence electrons. The van der Waals surface area contributed by atoms with E-state index in [9.17, 15) is 4.79 Å². The minimum atomic E-state index is -1.11. The summed E-state index contributed by atoms with van der Waals surface area (Å²) in [6, 6.07) is 7.09. The molecule has 0 saturated heterocycles. The van der Waals surface area contributed by atoms with Crippen molar-refractivity contribution in [3.8, 4) is 11.8 Å². The van der Waals surface area contributed by atoms with Crippen LogP contribution in [0.25, 0.3) is 0 Å². The summed E-state index contributed by atoms with van der Waals surface area (Å²) < 4.78 is 5.50. The molecule has 0 aliphatic carbocycles. The number of aromatic carboxylic acids is 1. The van der Waals surface area contributed by atoms with Crippen molar-refractivity contribution in [2.75, 3.05) is 0 Å². The van der Waals surface area contributed by atoms with Gasteiger partial charge in [-0.3, -0.25) is 0 Å². The highest BCUT2D eigenvalue weighted by Gasteiger charge is 2.09. The fourth-order valence-electron chi connectivity index (χ4n) is 1.42. The number of carboxylic acids is 1. The predicted octanol–water partition coefficient (Wildman–Crippen LogP) is 2.58. The van der Waals surface area contributed by atoms with E-state index in [1.807, 2.05) is 32.0 Å². The molecule has 0 spiro atoms. The van der Waals surface area contributed by atoms with Gasteiger partial charge in [0.15, 0.2) is 5.69 Å². The van der Waals surface area contributed by atoms with Gasteiger partial charge in [0.25, 0.3) is 0 Å². The van der Waals surface area contributed by atoms with Gasteiger partial charge in [-0.05, 0) is 37.1 Å². The summed E-state index contributed by atoms with van der Waals surface area (Å²) in [4.78, 5) is 18.5. The Labute approximate surface area is 104 Å². The highest BCUT2D eigenvalue weighted by molar-refractivity contribution is 5.85. The summed E-state index contributed by atoms with van der Waals surface area (Å²) in [5, 5.41) is 8.83. The SMILES string of the molecule is Cc1ccc(C)c(Oc2nccc(C(=O)O)n2)c1. The van der Waals surface area contributed by atoms with Gasteiger partial charge in [0.2, 0.25) is 0 Å². The molecule has 1 heterocycles. The molecule has 5 heteroatoms. The van der Waals surface area contributed by atoms with Gasteiger partial charge in [-0.2, -0.15) is 4.98 Å². The van der Waals surface area contributed by atoms with E-state index < -0.39 is 5.97 Å². The first-order valence-corrected chi connectivity index (χ1v) is 5.38. The summed E-state index contributed by atoms with van der Waals surface area (Å²) >= 11 is 0. The zero-order valence-corrected chi connectivity index (χ0v) is 10.0. The second kappa shape index (κ2) is 4.83. The lowest BCUT2D eigenvalue weighted by atomic mass is 10.1. The molecule has 0 bridgehead atoms. The lowest BCUT2D eigenvalue weighted by Gasteiger charge is -2.07. The maximum absolute atomic E-state index is 10.8. The summed E-state index contributed by atoms with van der Waals surface area (Å²) in [6.45, 7) is 3.84. The zero-order chi connectivity index (χ0) is 13.1. The van der Waals surface area contributed by atoms with Crippen LogP contribution in [0.15, 0.2) is 30.5 Å². The standard InChI is InChI=1S/C13H12N2O3/c1-8-3-4-9(2)11(7-8)18-13-14-6-5-10(15-13)12(16)17/h3-7H,1-2H3,(H,16,17). The van der Waals surface area contributed by atoms with Crippen LogP contribution in [0.3, 0.4) is 0 Å². The van der Waals surface area contributed by atoms with Crippen molar-refractivity contribution in [3.05, 3.63) is 47.3 Å². The van der Waals surface area contributed by atoms with Crippen LogP contribution in [0.2, 0.25) is 0 Å². The molecule has 1 aromatic carbocycles. The minimum Gasteiger partial charge on any atom is -0.477 e. The second-order valence-corrected chi connectivity index (χ2v) is 3.90. The molecule has 0 fully saturated rings. The van der Waals surface area contributed by atoms with Crippen LogP contribution in [-0.2, 0) is 0 Å². The molecule has 0 atom stereocenters. The van der Waals surface area contributed by atoms with Gasteiger partial charge in [0.1, 0.15) is 5.75 Å². The average molecular weight is 244 g/mol. The molecular formula is C13H12N2O3. The van der Waals surface area contributed by atoms with E-state index in [4.69, 9.17) is 9.84 Å². The molecule has 0 saturated carbocycles. The van der Waals surface area contributed by atoms with E-state index >= 15 is 0 Å². The lowest BCUT2D eigenvalue weighted by Crippen LogP contribution is -2.02. The van der Waals surface area contributed by atoms with Gasteiger partial charge < -0.3 is 9.84 Å². The fourth-order valence-corrected chi connectivity index (χ4v) is 1.42. The molecule has 2 aromatic rings. The second-order valence-electron chi connectivity index (χ2n) is 3.90. The smallest absolute Gasteiger partial charge is 0.354 e. The number of benzene rings is 1. The van der Waals surface area contributed by atoms with Gasteiger partial charge in [0, 0.05) is 6.20 Å². The third-order valence-electron chi connectivity index (χ3n) is 2.40. The van der Waals surface area contributed by atoms with Gasteiger partial charge in [-0.25, -0.2) is 9.78 Å². The molecule has 0 aliphatic rings. The Hall–Kier alpha value is -2.43. The van der Waals surface area contributed by atoms with Crippen LogP contribution in [0.5, 0.6) is 11.8 Å². The van der Waals surface area contributed by atoms with E-state index in [2.05, 4.69) is 9.97 Å². The van der Waals surface area contributed by atoms with E-state index in [-0.39, 0.29) is 11.7 Å². The Morgan fingerprint density at radius 1 is 1.28 bits per heavy atom. The first-order chi connectivity index (χ1) is 8.56. The Kier molecular flexibility index (Phi) is 3.23. The quantitative estimate of drug-likeness (QED) is 0.898. The Bertz CT molecular complexity index is 597. The topological polar surface area (TPSA) is 72.3 Å². The van der Waals surface area contributed by atoms with Crippen molar-refractivity contribution in [3.63, 3.8) is 0 Å². The molecule has 0 amide bonds. The number of aryl methyl sites for hydroxylation is 2. The third kappa shape index (κ3) is 2.63. The third-order valence-corrected chi connectivity index (χ3v) is 2.40. The molecule has 1 N–H and O–H groups in total. The Balaban J connectivity index is 2.31. The summed E-state index contributed by atoms with van der Waals surface area (Å²) in [7, 11) is 0. The lowest BCUT2D eigenvalue weighted by molar-refractivity contribution is 0.0689. The zero-order valence-electron chi connectivity index (χ0n) is 10.0. The minimum absolute atomic E-state index is 0.0311. The summed E-state index contributed by atoms with van der Waals surface area (Å²) in [5.41, 5.74) is 1.89. The molecule has 5 nitrogen and oxygen atoms in total. The first-order valence-electron chi connectivity index (χ1n) is 5.38. The van der Waals surface area contributed by atoms with Gasteiger partial charge in [-0.15, -0.1) is 0 Å². The van der Waals surface area contributed by atoms with Gasteiger partial charge in [-0.1, -0.05) is 12.1 Å². The Morgan fingerprint density at radius 3 is 2.78 bits per heavy atom. The van der Waals surface area contributed by atoms with Crippen LogP contribution in [0.1, 0.15) is 21.6 Å². The van der Waals surface area contributed by atoms with Crippen LogP contribution in [-0.4, -0.2) is 21.0 Å². The molecule has 18 heavy (non-hydrogen) atoms. The van der Waals surface area contributed by atoms with Crippen molar-refractivity contribution < 1.29 is 14.6 Å². The monoisotopic (exact) mass is 244 g/mol. The van der Waals surface area contributed by atoms with Crippen LogP contribution in [0.4, 0.5) is 0 Å².